The Balaban J connectivity index is 2.02. The lowest BCUT2D eigenvalue weighted by Crippen LogP contribution is -2.00. The number of hydrogen-bond donors (Lipinski definition) is 2. The summed E-state index contributed by atoms with van der Waals surface area (Å²) in [7, 11) is 1.84. The highest BCUT2D eigenvalue weighted by atomic mass is 32.1. The van der Waals surface area contributed by atoms with E-state index in [1.165, 1.54) is 11.3 Å². The summed E-state index contributed by atoms with van der Waals surface area (Å²) in [5.74, 6) is 0.840. The van der Waals surface area contributed by atoms with Crippen LogP contribution in [0.2, 0.25) is 0 Å². The number of nitrogens with zero attached hydrogens (tertiary/aromatic N) is 5. The van der Waals surface area contributed by atoms with Gasteiger partial charge >= 0.3 is 0 Å². The van der Waals surface area contributed by atoms with Gasteiger partial charge in [0.2, 0.25) is 5.95 Å². The van der Waals surface area contributed by atoms with Crippen molar-refractivity contribution in [3.8, 4) is 0 Å². The van der Waals surface area contributed by atoms with E-state index in [0.717, 1.165) is 15.5 Å². The number of fused-ring (bicyclic) bond motifs is 1. The van der Waals surface area contributed by atoms with Crippen LogP contribution in [-0.4, -0.2) is 24.7 Å². The molecule has 8 heteroatoms. The van der Waals surface area contributed by atoms with Crippen LogP contribution in [-0.2, 0) is 7.05 Å². The molecule has 0 bridgehead atoms. The van der Waals surface area contributed by atoms with Crippen molar-refractivity contribution in [1.29, 1.82) is 0 Å². The molecule has 3 aromatic rings. The molecule has 0 aliphatic rings. The van der Waals surface area contributed by atoms with Crippen LogP contribution in [0.5, 0.6) is 0 Å². The van der Waals surface area contributed by atoms with Crippen LogP contribution in [0.15, 0.2) is 12.4 Å². The molecule has 7 nitrogen and oxygen atoms in total. The third kappa shape index (κ3) is 1.86. The number of rotatable bonds is 2. The Morgan fingerprint density at radius 2 is 2.17 bits per heavy atom. The summed E-state index contributed by atoms with van der Waals surface area (Å²) in [6, 6.07) is 0. The van der Waals surface area contributed by atoms with Gasteiger partial charge in [-0.3, -0.25) is 4.68 Å². The van der Waals surface area contributed by atoms with E-state index in [0.29, 0.717) is 17.3 Å². The molecule has 0 amide bonds. The first-order valence-corrected chi connectivity index (χ1v) is 6.10. The molecule has 0 saturated heterocycles. The standard InChI is InChI=1S/C10H11N7S/c1-5-13-7-8(11)15-10(16-9(7)18-5)14-6-3-12-17(2)4-6/h3-4H,1-2H3,(H3,11,14,15,16). The number of anilines is 3. The third-order valence-corrected chi connectivity index (χ3v) is 3.22. The molecule has 0 aromatic carbocycles. The number of aryl methyl sites for hydroxylation is 2. The van der Waals surface area contributed by atoms with Crippen molar-refractivity contribution in [2.45, 2.75) is 6.92 Å². The van der Waals surface area contributed by atoms with Gasteiger partial charge in [0, 0.05) is 13.2 Å². The van der Waals surface area contributed by atoms with E-state index in [2.05, 4.69) is 25.4 Å². The van der Waals surface area contributed by atoms with E-state index < -0.39 is 0 Å². The first-order valence-electron chi connectivity index (χ1n) is 5.28. The van der Waals surface area contributed by atoms with Gasteiger partial charge in [0.25, 0.3) is 0 Å². The van der Waals surface area contributed by atoms with Crippen LogP contribution in [0.25, 0.3) is 10.3 Å². The number of nitrogens with two attached hydrogens (primary N) is 1. The summed E-state index contributed by atoms with van der Waals surface area (Å²) in [6.07, 6.45) is 3.53. The molecule has 0 aliphatic heterocycles. The van der Waals surface area contributed by atoms with Crippen molar-refractivity contribution in [3.63, 3.8) is 0 Å². The number of hydrogen-bond acceptors (Lipinski definition) is 7. The lowest BCUT2D eigenvalue weighted by molar-refractivity contribution is 0.768. The van der Waals surface area contributed by atoms with Crippen LogP contribution in [0, 0.1) is 6.92 Å². The van der Waals surface area contributed by atoms with Crippen molar-refractivity contribution < 1.29 is 0 Å². The molecule has 3 N–H and O–H groups in total. The van der Waals surface area contributed by atoms with E-state index in [9.17, 15) is 0 Å². The van der Waals surface area contributed by atoms with Crippen LogP contribution >= 0.6 is 11.3 Å². The predicted molar refractivity (Wildman–Crippen MR) is 70.9 cm³/mol. The average molecular weight is 261 g/mol. The molecule has 0 radical (unpaired) electrons. The van der Waals surface area contributed by atoms with Gasteiger partial charge < -0.3 is 11.1 Å². The largest absolute Gasteiger partial charge is 0.382 e. The highest BCUT2D eigenvalue weighted by Gasteiger charge is 2.10. The average Bonchev–Trinajstić information content (AvgIpc) is 2.85. The monoisotopic (exact) mass is 261 g/mol. The molecular formula is C10H11N7S. The molecule has 3 rings (SSSR count). The number of aromatic nitrogens is 5. The van der Waals surface area contributed by atoms with Crippen molar-refractivity contribution in [1.82, 2.24) is 24.7 Å². The predicted octanol–water partition coefficient (Wildman–Crippen LogP) is 1.45. The molecule has 3 heterocycles. The van der Waals surface area contributed by atoms with Gasteiger partial charge in [-0.25, -0.2) is 4.98 Å². The van der Waals surface area contributed by atoms with Gasteiger partial charge in [0.05, 0.1) is 16.9 Å². The van der Waals surface area contributed by atoms with Gasteiger partial charge in [-0.15, -0.1) is 0 Å². The molecule has 18 heavy (non-hydrogen) atoms. The summed E-state index contributed by atoms with van der Waals surface area (Å²) in [5, 5.41) is 8.04. The zero-order valence-corrected chi connectivity index (χ0v) is 10.7. The van der Waals surface area contributed by atoms with Crippen molar-refractivity contribution >= 4 is 39.1 Å². The van der Waals surface area contributed by atoms with E-state index >= 15 is 0 Å². The lowest BCUT2D eigenvalue weighted by atomic mass is 10.5. The quantitative estimate of drug-likeness (QED) is 0.725. The first-order chi connectivity index (χ1) is 8.61. The Hall–Kier alpha value is -2.22. The van der Waals surface area contributed by atoms with Gasteiger partial charge in [-0.05, 0) is 6.92 Å². The van der Waals surface area contributed by atoms with Crippen LogP contribution in [0.3, 0.4) is 0 Å². The number of nitrogens with one attached hydrogen (secondary N) is 1. The smallest absolute Gasteiger partial charge is 0.230 e. The second-order valence-electron chi connectivity index (χ2n) is 3.85. The number of thiazole rings is 1. The zero-order chi connectivity index (χ0) is 12.7. The van der Waals surface area contributed by atoms with Crippen LogP contribution in [0.4, 0.5) is 17.5 Å². The Morgan fingerprint density at radius 1 is 1.33 bits per heavy atom. The van der Waals surface area contributed by atoms with Crippen molar-refractivity contribution in [2.24, 2.45) is 7.05 Å². The topological polar surface area (TPSA) is 94.5 Å². The Morgan fingerprint density at radius 3 is 2.89 bits per heavy atom. The fraction of sp³-hybridized carbons (Fsp3) is 0.200. The summed E-state index contributed by atoms with van der Waals surface area (Å²) in [5.41, 5.74) is 7.34. The summed E-state index contributed by atoms with van der Waals surface area (Å²) < 4.78 is 1.70. The Bertz CT molecular complexity index is 714. The maximum Gasteiger partial charge on any atom is 0.230 e. The highest BCUT2D eigenvalue weighted by Crippen LogP contribution is 2.25. The molecule has 0 fully saturated rings. The van der Waals surface area contributed by atoms with Crippen LogP contribution < -0.4 is 11.1 Å². The maximum atomic E-state index is 5.86. The fourth-order valence-corrected chi connectivity index (χ4v) is 2.41. The summed E-state index contributed by atoms with van der Waals surface area (Å²) in [6.45, 7) is 1.92. The van der Waals surface area contributed by atoms with Crippen molar-refractivity contribution in [2.75, 3.05) is 11.1 Å². The summed E-state index contributed by atoms with van der Waals surface area (Å²) in [4.78, 5) is 13.6. The van der Waals surface area contributed by atoms with E-state index in [4.69, 9.17) is 5.73 Å². The molecule has 0 atom stereocenters. The normalized spacial score (nSPS) is 11.0. The molecule has 3 aromatic heterocycles. The first kappa shape index (κ1) is 10.9. The van der Waals surface area contributed by atoms with Gasteiger partial charge in [-0.2, -0.15) is 15.1 Å². The van der Waals surface area contributed by atoms with Gasteiger partial charge in [-0.1, -0.05) is 11.3 Å². The van der Waals surface area contributed by atoms with E-state index in [1.54, 1.807) is 10.9 Å². The minimum atomic E-state index is 0.385. The summed E-state index contributed by atoms with van der Waals surface area (Å²) >= 11 is 1.49. The van der Waals surface area contributed by atoms with Crippen molar-refractivity contribution in [3.05, 3.63) is 17.4 Å². The minimum Gasteiger partial charge on any atom is -0.382 e. The van der Waals surface area contributed by atoms with Gasteiger partial charge in [0.15, 0.2) is 10.6 Å². The SMILES string of the molecule is Cc1nc2c(N)nc(Nc3cnn(C)c3)nc2s1. The second-order valence-corrected chi connectivity index (χ2v) is 5.03. The highest BCUT2D eigenvalue weighted by molar-refractivity contribution is 7.18. The molecular weight excluding hydrogens is 250 g/mol. The lowest BCUT2D eigenvalue weighted by Gasteiger charge is -2.02. The van der Waals surface area contributed by atoms with Gasteiger partial charge in [0.1, 0.15) is 5.52 Å². The fourth-order valence-electron chi connectivity index (χ4n) is 1.62. The van der Waals surface area contributed by atoms with E-state index in [1.807, 2.05) is 20.2 Å². The van der Waals surface area contributed by atoms with Crippen LogP contribution in [0.1, 0.15) is 5.01 Å². The number of nitrogen functional groups attached to an aromatic ring is 1. The molecule has 0 aliphatic carbocycles. The maximum absolute atomic E-state index is 5.86. The Labute approximate surface area is 107 Å². The Kier molecular flexibility index (Phi) is 2.37. The second kappa shape index (κ2) is 3.91. The zero-order valence-electron chi connectivity index (χ0n) is 9.88. The molecule has 92 valence electrons. The molecule has 0 spiro atoms. The van der Waals surface area contributed by atoms with E-state index in [-0.39, 0.29) is 0 Å². The minimum absolute atomic E-state index is 0.385. The molecule has 0 saturated carbocycles. The molecule has 0 unspecified atom stereocenters. The third-order valence-electron chi connectivity index (χ3n) is 2.35.